The zero-order valence-corrected chi connectivity index (χ0v) is 11.2. The second-order valence-electron chi connectivity index (χ2n) is 4.01. The summed E-state index contributed by atoms with van der Waals surface area (Å²) in [5.74, 6) is 0.719. The maximum Gasteiger partial charge on any atom is 0.138 e. The van der Waals surface area contributed by atoms with Crippen LogP contribution in [-0.4, -0.2) is 26.4 Å². The predicted molar refractivity (Wildman–Crippen MR) is 70.8 cm³/mol. The predicted octanol–water partition coefficient (Wildman–Crippen LogP) is 2.65. The Labute approximate surface area is 108 Å². The fraction of sp³-hybridized carbons (Fsp3) is 0.538. The summed E-state index contributed by atoms with van der Waals surface area (Å²) in [6.07, 6.45) is 1.77. The largest absolute Gasteiger partial charge is 0.489 e. The Morgan fingerprint density at radius 3 is 2.76 bits per heavy atom. The van der Waals surface area contributed by atoms with E-state index in [0.29, 0.717) is 18.2 Å². The minimum absolute atomic E-state index is 0.0906. The van der Waals surface area contributed by atoms with Crippen molar-refractivity contribution in [2.75, 3.05) is 20.3 Å². The monoisotopic (exact) mass is 257 g/mol. The van der Waals surface area contributed by atoms with Crippen molar-refractivity contribution in [2.24, 2.45) is 5.73 Å². The summed E-state index contributed by atoms with van der Waals surface area (Å²) in [6, 6.07) is 5.81. The highest BCUT2D eigenvalue weighted by atomic mass is 35.5. The lowest BCUT2D eigenvalue weighted by Gasteiger charge is -2.15. The van der Waals surface area contributed by atoms with Crippen LogP contribution in [-0.2, 0) is 11.2 Å². The number of hydrogen-bond acceptors (Lipinski definition) is 3. The number of rotatable bonds is 7. The van der Waals surface area contributed by atoms with E-state index in [1.807, 2.05) is 25.1 Å². The van der Waals surface area contributed by atoms with E-state index in [0.717, 1.165) is 24.2 Å². The third kappa shape index (κ3) is 4.94. The standard InChI is InChI=1S/C13H20ClNO2/c1-10(6-8-16-2)17-13-4-3-11(5-7-15)9-12(13)14/h3-4,9-10H,5-8,15H2,1-2H3. The van der Waals surface area contributed by atoms with Crippen molar-refractivity contribution < 1.29 is 9.47 Å². The van der Waals surface area contributed by atoms with Crippen LogP contribution in [0.15, 0.2) is 18.2 Å². The smallest absolute Gasteiger partial charge is 0.138 e. The first-order chi connectivity index (χ1) is 8.17. The van der Waals surface area contributed by atoms with Crippen LogP contribution < -0.4 is 10.5 Å². The summed E-state index contributed by atoms with van der Waals surface area (Å²) >= 11 is 6.15. The Morgan fingerprint density at radius 2 is 2.18 bits per heavy atom. The van der Waals surface area contributed by atoms with E-state index in [1.54, 1.807) is 7.11 Å². The molecule has 0 aromatic heterocycles. The molecule has 0 aliphatic carbocycles. The van der Waals surface area contributed by atoms with E-state index in [-0.39, 0.29) is 6.10 Å². The number of halogens is 1. The van der Waals surface area contributed by atoms with Gasteiger partial charge in [-0.1, -0.05) is 17.7 Å². The summed E-state index contributed by atoms with van der Waals surface area (Å²) in [6.45, 7) is 3.31. The fourth-order valence-electron chi connectivity index (χ4n) is 1.52. The quantitative estimate of drug-likeness (QED) is 0.817. The highest BCUT2D eigenvalue weighted by Gasteiger charge is 2.08. The van der Waals surface area contributed by atoms with Crippen LogP contribution in [0.25, 0.3) is 0 Å². The lowest BCUT2D eigenvalue weighted by atomic mass is 10.1. The second-order valence-corrected chi connectivity index (χ2v) is 4.42. The summed E-state index contributed by atoms with van der Waals surface area (Å²) in [5, 5.41) is 0.639. The second kappa shape index (κ2) is 7.54. The fourth-order valence-corrected chi connectivity index (χ4v) is 1.77. The number of methoxy groups -OCH3 is 1. The molecule has 0 aliphatic rings. The van der Waals surface area contributed by atoms with Gasteiger partial charge in [-0.15, -0.1) is 0 Å². The SMILES string of the molecule is COCCC(C)Oc1ccc(CCN)cc1Cl. The molecule has 1 rings (SSSR count). The normalized spacial score (nSPS) is 12.5. The molecule has 0 amide bonds. The van der Waals surface area contributed by atoms with Crippen molar-refractivity contribution in [3.8, 4) is 5.75 Å². The van der Waals surface area contributed by atoms with Gasteiger partial charge in [0.1, 0.15) is 5.75 Å². The van der Waals surface area contributed by atoms with Crippen molar-refractivity contribution >= 4 is 11.6 Å². The van der Waals surface area contributed by atoms with Crippen molar-refractivity contribution in [3.63, 3.8) is 0 Å². The Bertz CT molecular complexity index is 344. The summed E-state index contributed by atoms with van der Waals surface area (Å²) < 4.78 is 10.7. The van der Waals surface area contributed by atoms with Crippen LogP contribution in [0.5, 0.6) is 5.75 Å². The van der Waals surface area contributed by atoms with Crippen LogP contribution in [0.1, 0.15) is 18.9 Å². The number of nitrogens with two attached hydrogens (primary N) is 1. The molecule has 0 saturated carbocycles. The first-order valence-electron chi connectivity index (χ1n) is 5.81. The minimum atomic E-state index is 0.0906. The van der Waals surface area contributed by atoms with E-state index in [4.69, 9.17) is 26.8 Å². The molecule has 0 heterocycles. The molecule has 1 atom stereocenters. The minimum Gasteiger partial charge on any atom is -0.489 e. The van der Waals surface area contributed by atoms with Gasteiger partial charge in [-0.25, -0.2) is 0 Å². The third-order valence-corrected chi connectivity index (χ3v) is 2.78. The average Bonchev–Trinajstić information content (AvgIpc) is 2.30. The molecule has 1 unspecified atom stereocenters. The highest BCUT2D eigenvalue weighted by Crippen LogP contribution is 2.26. The number of benzene rings is 1. The third-order valence-electron chi connectivity index (χ3n) is 2.49. The van der Waals surface area contributed by atoms with Crippen LogP contribution in [0.2, 0.25) is 5.02 Å². The lowest BCUT2D eigenvalue weighted by Crippen LogP contribution is -2.14. The van der Waals surface area contributed by atoms with E-state index in [2.05, 4.69) is 0 Å². The molecule has 96 valence electrons. The van der Waals surface area contributed by atoms with Gasteiger partial charge in [-0.05, 0) is 37.6 Å². The van der Waals surface area contributed by atoms with E-state index < -0.39 is 0 Å². The average molecular weight is 258 g/mol. The molecule has 0 radical (unpaired) electrons. The lowest BCUT2D eigenvalue weighted by molar-refractivity contribution is 0.135. The van der Waals surface area contributed by atoms with Gasteiger partial charge in [0.15, 0.2) is 0 Å². The Kier molecular flexibility index (Phi) is 6.34. The van der Waals surface area contributed by atoms with Gasteiger partial charge in [0, 0.05) is 20.1 Å². The molecule has 17 heavy (non-hydrogen) atoms. The Hall–Kier alpha value is -0.770. The van der Waals surface area contributed by atoms with Crippen LogP contribution >= 0.6 is 11.6 Å². The molecule has 0 spiro atoms. The van der Waals surface area contributed by atoms with Gasteiger partial charge in [0.05, 0.1) is 11.1 Å². The molecule has 0 aliphatic heterocycles. The molecular weight excluding hydrogens is 238 g/mol. The molecular formula is C13H20ClNO2. The number of hydrogen-bond donors (Lipinski definition) is 1. The van der Waals surface area contributed by atoms with Crippen LogP contribution in [0.3, 0.4) is 0 Å². The van der Waals surface area contributed by atoms with Gasteiger partial charge < -0.3 is 15.2 Å². The molecule has 1 aromatic rings. The zero-order chi connectivity index (χ0) is 12.7. The molecule has 4 heteroatoms. The Balaban J connectivity index is 2.59. The van der Waals surface area contributed by atoms with E-state index in [9.17, 15) is 0 Å². The van der Waals surface area contributed by atoms with Crippen molar-refractivity contribution in [1.82, 2.24) is 0 Å². The number of ether oxygens (including phenoxy) is 2. The van der Waals surface area contributed by atoms with Crippen molar-refractivity contribution in [2.45, 2.75) is 25.9 Å². The zero-order valence-electron chi connectivity index (χ0n) is 10.4. The van der Waals surface area contributed by atoms with Gasteiger partial charge in [-0.2, -0.15) is 0 Å². The van der Waals surface area contributed by atoms with Gasteiger partial charge in [0.2, 0.25) is 0 Å². The van der Waals surface area contributed by atoms with Gasteiger partial charge in [0.25, 0.3) is 0 Å². The summed E-state index contributed by atoms with van der Waals surface area (Å²) in [5.41, 5.74) is 6.63. The van der Waals surface area contributed by atoms with Crippen molar-refractivity contribution in [1.29, 1.82) is 0 Å². The molecule has 3 nitrogen and oxygen atoms in total. The highest BCUT2D eigenvalue weighted by molar-refractivity contribution is 6.32. The molecule has 2 N–H and O–H groups in total. The van der Waals surface area contributed by atoms with Crippen LogP contribution in [0, 0.1) is 0 Å². The van der Waals surface area contributed by atoms with E-state index >= 15 is 0 Å². The maximum absolute atomic E-state index is 6.15. The summed E-state index contributed by atoms with van der Waals surface area (Å²) in [4.78, 5) is 0. The first kappa shape index (κ1) is 14.3. The summed E-state index contributed by atoms with van der Waals surface area (Å²) in [7, 11) is 1.68. The first-order valence-corrected chi connectivity index (χ1v) is 6.19. The van der Waals surface area contributed by atoms with Crippen molar-refractivity contribution in [3.05, 3.63) is 28.8 Å². The molecule has 1 aromatic carbocycles. The topological polar surface area (TPSA) is 44.5 Å². The molecule has 0 fully saturated rings. The van der Waals surface area contributed by atoms with Crippen LogP contribution in [0.4, 0.5) is 0 Å². The van der Waals surface area contributed by atoms with E-state index in [1.165, 1.54) is 0 Å². The molecule has 0 saturated heterocycles. The Morgan fingerprint density at radius 1 is 1.41 bits per heavy atom. The van der Waals surface area contributed by atoms with Gasteiger partial charge in [-0.3, -0.25) is 0 Å². The van der Waals surface area contributed by atoms with Gasteiger partial charge >= 0.3 is 0 Å². The maximum atomic E-state index is 6.15. The molecule has 0 bridgehead atoms.